The molecule has 1 N–H and O–H groups in total. The molecule has 116 valence electrons. The number of carbonyl (C=O) groups excluding carboxylic acids is 1. The lowest BCUT2D eigenvalue weighted by Gasteiger charge is -2.06. The zero-order valence-electron chi connectivity index (χ0n) is 11.8. The van der Waals surface area contributed by atoms with Crippen LogP contribution in [0.4, 0.5) is 5.69 Å². The van der Waals surface area contributed by atoms with E-state index in [0.717, 1.165) is 10.6 Å². The number of nitrogens with zero attached hydrogens (tertiary/aromatic N) is 2. The molecule has 3 rings (SSSR count). The van der Waals surface area contributed by atoms with Gasteiger partial charge in [-0.05, 0) is 30.3 Å². The largest absolute Gasteiger partial charge is 0.324 e. The quantitative estimate of drug-likeness (QED) is 0.731. The average Bonchev–Trinajstić information content (AvgIpc) is 2.99. The smallest absolute Gasteiger partial charge is 0.230 e. The van der Waals surface area contributed by atoms with Crippen LogP contribution in [-0.2, 0) is 11.2 Å². The monoisotopic (exact) mass is 363 g/mol. The number of hydrogen-bond acceptors (Lipinski definition) is 4. The lowest BCUT2D eigenvalue weighted by molar-refractivity contribution is -0.115. The number of nitrogens with one attached hydrogen (secondary N) is 1. The summed E-state index contributed by atoms with van der Waals surface area (Å²) >= 11 is 13.4. The van der Waals surface area contributed by atoms with Crippen molar-refractivity contribution in [3.05, 3.63) is 63.8 Å². The zero-order chi connectivity index (χ0) is 16.2. The molecule has 2 heterocycles. The van der Waals surface area contributed by atoms with Crippen molar-refractivity contribution in [2.45, 2.75) is 6.42 Å². The first-order valence-corrected chi connectivity index (χ1v) is 8.35. The maximum absolute atomic E-state index is 12.1. The Hall–Kier alpha value is -1.95. The molecule has 23 heavy (non-hydrogen) atoms. The summed E-state index contributed by atoms with van der Waals surface area (Å²) in [5.41, 5.74) is 2.17. The number of benzene rings is 1. The maximum atomic E-state index is 12.1. The summed E-state index contributed by atoms with van der Waals surface area (Å²) in [6, 6.07) is 8.72. The van der Waals surface area contributed by atoms with Crippen molar-refractivity contribution in [3.63, 3.8) is 0 Å². The molecule has 0 saturated carbocycles. The van der Waals surface area contributed by atoms with E-state index >= 15 is 0 Å². The standard InChI is InChI=1S/C16H11Cl2N3OS/c17-11-3-4-14(13(18)6-11)21-15(22)7-12-9-23-16(20-12)10-2-1-5-19-8-10/h1-6,8-9H,7H2,(H,21,22). The molecule has 1 aromatic carbocycles. The van der Waals surface area contributed by atoms with Gasteiger partial charge in [0.25, 0.3) is 0 Å². The number of pyridine rings is 1. The Balaban J connectivity index is 1.68. The summed E-state index contributed by atoms with van der Waals surface area (Å²) in [6.45, 7) is 0. The topological polar surface area (TPSA) is 54.9 Å². The Bertz CT molecular complexity index is 836. The molecule has 0 aliphatic heterocycles. The van der Waals surface area contributed by atoms with E-state index in [1.165, 1.54) is 11.3 Å². The number of halogens is 2. The van der Waals surface area contributed by atoms with E-state index in [9.17, 15) is 4.79 Å². The van der Waals surface area contributed by atoms with Crippen LogP contribution in [0.3, 0.4) is 0 Å². The molecule has 0 bridgehead atoms. The molecule has 0 spiro atoms. The van der Waals surface area contributed by atoms with Crippen LogP contribution in [0.15, 0.2) is 48.1 Å². The molecule has 0 radical (unpaired) electrons. The highest BCUT2D eigenvalue weighted by molar-refractivity contribution is 7.13. The van der Waals surface area contributed by atoms with Gasteiger partial charge in [-0.2, -0.15) is 0 Å². The van der Waals surface area contributed by atoms with Crippen LogP contribution in [0.25, 0.3) is 10.6 Å². The van der Waals surface area contributed by atoms with Gasteiger partial charge >= 0.3 is 0 Å². The Labute approximate surface area is 147 Å². The predicted octanol–water partition coefficient (Wildman–Crippen LogP) is 4.69. The van der Waals surface area contributed by atoms with Gasteiger partial charge in [0.2, 0.25) is 5.91 Å². The van der Waals surface area contributed by atoms with Crippen molar-refractivity contribution in [1.29, 1.82) is 0 Å². The van der Waals surface area contributed by atoms with E-state index in [0.29, 0.717) is 21.4 Å². The average molecular weight is 364 g/mol. The predicted molar refractivity (Wildman–Crippen MR) is 94.1 cm³/mol. The second-order valence-electron chi connectivity index (χ2n) is 4.73. The van der Waals surface area contributed by atoms with Gasteiger partial charge in [0, 0.05) is 28.4 Å². The molecule has 2 aromatic heterocycles. The molecular formula is C16H11Cl2N3OS. The summed E-state index contributed by atoms with van der Waals surface area (Å²) < 4.78 is 0. The van der Waals surface area contributed by atoms with Gasteiger partial charge in [0.05, 0.1) is 22.8 Å². The number of thiazole rings is 1. The highest BCUT2D eigenvalue weighted by Crippen LogP contribution is 2.26. The lowest BCUT2D eigenvalue weighted by Crippen LogP contribution is -2.14. The minimum Gasteiger partial charge on any atom is -0.324 e. The summed E-state index contributed by atoms with van der Waals surface area (Å²) in [5.74, 6) is -0.183. The minimum atomic E-state index is -0.183. The van der Waals surface area contributed by atoms with Crippen molar-refractivity contribution < 1.29 is 4.79 Å². The summed E-state index contributed by atoms with van der Waals surface area (Å²) in [5, 5.41) is 6.39. The first-order chi connectivity index (χ1) is 11.1. The van der Waals surface area contributed by atoms with Gasteiger partial charge < -0.3 is 5.32 Å². The van der Waals surface area contributed by atoms with Crippen molar-refractivity contribution in [3.8, 4) is 10.6 Å². The maximum Gasteiger partial charge on any atom is 0.230 e. The Morgan fingerprint density at radius 3 is 2.87 bits per heavy atom. The van der Waals surface area contributed by atoms with Gasteiger partial charge in [-0.15, -0.1) is 11.3 Å². The fourth-order valence-corrected chi connectivity index (χ4v) is 3.23. The molecule has 3 aromatic rings. The molecule has 0 aliphatic carbocycles. The minimum absolute atomic E-state index is 0.176. The van der Waals surface area contributed by atoms with Crippen molar-refractivity contribution in [2.24, 2.45) is 0 Å². The summed E-state index contributed by atoms with van der Waals surface area (Å²) in [6.07, 6.45) is 3.63. The fourth-order valence-electron chi connectivity index (χ4n) is 1.96. The SMILES string of the molecule is O=C(Cc1csc(-c2cccnc2)n1)Nc1ccc(Cl)cc1Cl. The molecule has 0 saturated heterocycles. The van der Waals surface area contributed by atoms with E-state index < -0.39 is 0 Å². The third-order valence-corrected chi connectivity index (χ3v) is 4.50. The van der Waals surface area contributed by atoms with Gasteiger partial charge in [0.1, 0.15) is 5.01 Å². The van der Waals surface area contributed by atoms with Gasteiger partial charge in [0.15, 0.2) is 0 Å². The van der Waals surface area contributed by atoms with E-state index in [-0.39, 0.29) is 12.3 Å². The summed E-state index contributed by atoms with van der Waals surface area (Å²) in [4.78, 5) is 20.6. The van der Waals surface area contributed by atoms with E-state index in [4.69, 9.17) is 23.2 Å². The molecule has 1 amide bonds. The van der Waals surface area contributed by atoms with Crippen LogP contribution in [0.2, 0.25) is 10.0 Å². The van der Waals surface area contributed by atoms with Crippen LogP contribution in [0.5, 0.6) is 0 Å². The number of aromatic nitrogens is 2. The highest BCUT2D eigenvalue weighted by Gasteiger charge is 2.11. The second kappa shape index (κ2) is 7.08. The fraction of sp³-hybridized carbons (Fsp3) is 0.0625. The van der Waals surface area contributed by atoms with E-state index in [1.807, 2.05) is 17.5 Å². The molecular weight excluding hydrogens is 353 g/mol. The first-order valence-electron chi connectivity index (χ1n) is 6.71. The number of anilines is 1. The molecule has 0 atom stereocenters. The highest BCUT2D eigenvalue weighted by atomic mass is 35.5. The van der Waals surface area contributed by atoms with E-state index in [2.05, 4.69) is 15.3 Å². The third kappa shape index (κ3) is 4.07. The first kappa shape index (κ1) is 15.9. The Kier molecular flexibility index (Phi) is 4.91. The van der Waals surface area contributed by atoms with Crippen LogP contribution >= 0.6 is 34.5 Å². The lowest BCUT2D eigenvalue weighted by atomic mass is 10.2. The van der Waals surface area contributed by atoms with Gasteiger partial charge in [-0.1, -0.05) is 23.2 Å². The number of amides is 1. The van der Waals surface area contributed by atoms with Crippen LogP contribution < -0.4 is 5.32 Å². The Morgan fingerprint density at radius 1 is 1.26 bits per heavy atom. The third-order valence-electron chi connectivity index (χ3n) is 3.01. The molecule has 0 aliphatic rings. The zero-order valence-corrected chi connectivity index (χ0v) is 14.1. The Morgan fingerprint density at radius 2 is 2.13 bits per heavy atom. The molecule has 4 nitrogen and oxygen atoms in total. The van der Waals surface area contributed by atoms with Crippen LogP contribution in [0.1, 0.15) is 5.69 Å². The normalized spacial score (nSPS) is 10.5. The summed E-state index contributed by atoms with van der Waals surface area (Å²) in [7, 11) is 0. The molecule has 7 heteroatoms. The van der Waals surface area contributed by atoms with Crippen LogP contribution in [-0.4, -0.2) is 15.9 Å². The van der Waals surface area contributed by atoms with Crippen molar-refractivity contribution >= 4 is 46.1 Å². The van der Waals surface area contributed by atoms with Crippen molar-refractivity contribution in [2.75, 3.05) is 5.32 Å². The molecule has 0 unspecified atom stereocenters. The number of carbonyl (C=O) groups is 1. The van der Waals surface area contributed by atoms with Crippen LogP contribution in [0, 0.1) is 0 Å². The number of rotatable bonds is 4. The molecule has 0 fully saturated rings. The second-order valence-corrected chi connectivity index (χ2v) is 6.44. The number of hydrogen-bond donors (Lipinski definition) is 1. The van der Waals surface area contributed by atoms with Gasteiger partial charge in [-0.25, -0.2) is 4.98 Å². The van der Waals surface area contributed by atoms with Crippen molar-refractivity contribution in [1.82, 2.24) is 9.97 Å². The van der Waals surface area contributed by atoms with E-state index in [1.54, 1.807) is 30.6 Å². The van der Waals surface area contributed by atoms with Gasteiger partial charge in [-0.3, -0.25) is 9.78 Å².